The first-order valence-corrected chi connectivity index (χ1v) is 9.29. The van der Waals surface area contributed by atoms with Crippen molar-refractivity contribution in [1.82, 2.24) is 24.3 Å². The smallest absolute Gasteiger partial charge is 0.219 e. The van der Waals surface area contributed by atoms with Gasteiger partial charge in [-0.2, -0.15) is 10.1 Å². The van der Waals surface area contributed by atoms with Crippen molar-refractivity contribution in [1.29, 1.82) is 0 Å². The van der Waals surface area contributed by atoms with Gasteiger partial charge in [-0.3, -0.25) is 0 Å². The normalized spacial score (nSPS) is 11.9. The summed E-state index contributed by atoms with van der Waals surface area (Å²) in [5, 5.41) is 4.03. The Morgan fingerprint density at radius 3 is 2.67 bits per heavy atom. The number of nitrogens with one attached hydrogen (secondary N) is 1. The first kappa shape index (κ1) is 16.5. The predicted molar refractivity (Wildman–Crippen MR) is 90.1 cm³/mol. The summed E-state index contributed by atoms with van der Waals surface area (Å²) < 4.78 is 28.7. The number of nitrogens with zero attached hydrogens (tertiary/aromatic N) is 4. The van der Waals surface area contributed by atoms with Crippen molar-refractivity contribution >= 4 is 15.8 Å². The predicted octanol–water partition coefficient (Wildman–Crippen LogP) is 1.60. The number of fused-ring (bicyclic) bond motifs is 1. The van der Waals surface area contributed by atoms with Crippen LogP contribution < -0.4 is 4.72 Å². The maximum atomic E-state index is 12.2. The van der Waals surface area contributed by atoms with Crippen molar-refractivity contribution in [2.24, 2.45) is 0 Å². The van der Waals surface area contributed by atoms with E-state index >= 15 is 0 Å². The highest BCUT2D eigenvalue weighted by atomic mass is 32.2. The Morgan fingerprint density at radius 1 is 1.12 bits per heavy atom. The van der Waals surface area contributed by atoms with Gasteiger partial charge in [0.2, 0.25) is 10.0 Å². The fourth-order valence-electron chi connectivity index (χ4n) is 2.37. The third-order valence-electron chi connectivity index (χ3n) is 3.76. The van der Waals surface area contributed by atoms with Crippen LogP contribution in [-0.2, 0) is 22.9 Å². The van der Waals surface area contributed by atoms with E-state index in [1.807, 2.05) is 25.3 Å². The van der Waals surface area contributed by atoms with Gasteiger partial charge in [-0.25, -0.2) is 22.6 Å². The minimum Gasteiger partial charge on any atom is -0.219 e. The van der Waals surface area contributed by atoms with E-state index < -0.39 is 10.0 Å². The zero-order valence-corrected chi connectivity index (χ0v) is 14.2. The summed E-state index contributed by atoms with van der Waals surface area (Å²) in [6.45, 7) is 2.40. The van der Waals surface area contributed by atoms with E-state index in [1.54, 1.807) is 22.8 Å². The van der Waals surface area contributed by atoms with E-state index in [0.29, 0.717) is 30.1 Å². The number of hydrogen-bond acceptors (Lipinski definition) is 5. The Labute approximate surface area is 140 Å². The van der Waals surface area contributed by atoms with Crippen LogP contribution in [0, 0.1) is 0 Å². The van der Waals surface area contributed by atoms with Gasteiger partial charge in [0.15, 0.2) is 0 Å². The lowest BCUT2D eigenvalue weighted by Gasteiger charge is -2.07. The molecular weight excluding hydrogens is 326 g/mol. The second-order valence-electron chi connectivity index (χ2n) is 5.47. The molecule has 0 bridgehead atoms. The SMILES string of the molecule is CCc1ccc(S(=O)(=O)NCCCc2cnc3ncnn3c2)cc1. The summed E-state index contributed by atoms with van der Waals surface area (Å²) in [5.74, 6) is 0.551. The molecule has 0 radical (unpaired) electrons. The van der Waals surface area contributed by atoms with Gasteiger partial charge in [0.05, 0.1) is 4.90 Å². The first-order valence-electron chi connectivity index (χ1n) is 7.81. The molecule has 1 N–H and O–H groups in total. The van der Waals surface area contributed by atoms with Crippen LogP contribution in [0.3, 0.4) is 0 Å². The molecule has 0 unspecified atom stereocenters. The quantitative estimate of drug-likeness (QED) is 0.657. The highest BCUT2D eigenvalue weighted by Crippen LogP contribution is 2.11. The first-order chi connectivity index (χ1) is 11.6. The lowest BCUT2D eigenvalue weighted by molar-refractivity contribution is 0.579. The summed E-state index contributed by atoms with van der Waals surface area (Å²) in [5.41, 5.74) is 2.10. The molecular formula is C16H19N5O2S. The number of aryl methyl sites for hydroxylation is 2. The van der Waals surface area contributed by atoms with Crippen molar-refractivity contribution in [3.63, 3.8) is 0 Å². The molecule has 0 spiro atoms. The summed E-state index contributed by atoms with van der Waals surface area (Å²) >= 11 is 0. The van der Waals surface area contributed by atoms with Crippen molar-refractivity contribution < 1.29 is 8.42 Å². The summed E-state index contributed by atoms with van der Waals surface area (Å²) in [6, 6.07) is 6.97. The van der Waals surface area contributed by atoms with Gasteiger partial charge in [0.25, 0.3) is 5.78 Å². The molecule has 8 heteroatoms. The zero-order valence-electron chi connectivity index (χ0n) is 13.4. The van der Waals surface area contributed by atoms with Crippen LogP contribution in [0.4, 0.5) is 0 Å². The molecule has 2 heterocycles. The molecule has 0 fully saturated rings. The lowest BCUT2D eigenvalue weighted by Crippen LogP contribution is -2.25. The molecule has 2 aromatic heterocycles. The topological polar surface area (TPSA) is 89.2 Å². The van der Waals surface area contributed by atoms with Gasteiger partial charge in [0, 0.05) is 18.9 Å². The molecule has 0 amide bonds. The molecule has 1 aromatic carbocycles. The lowest BCUT2D eigenvalue weighted by atomic mass is 10.2. The molecule has 0 atom stereocenters. The molecule has 3 rings (SSSR count). The van der Waals surface area contributed by atoms with Crippen molar-refractivity contribution in [3.8, 4) is 0 Å². The van der Waals surface area contributed by atoms with E-state index in [2.05, 4.69) is 19.8 Å². The highest BCUT2D eigenvalue weighted by Gasteiger charge is 2.12. The van der Waals surface area contributed by atoms with Gasteiger partial charge in [0.1, 0.15) is 6.33 Å². The monoisotopic (exact) mass is 345 g/mol. The van der Waals surface area contributed by atoms with E-state index in [1.165, 1.54) is 6.33 Å². The van der Waals surface area contributed by atoms with E-state index in [4.69, 9.17) is 0 Å². The highest BCUT2D eigenvalue weighted by molar-refractivity contribution is 7.89. The van der Waals surface area contributed by atoms with Crippen LogP contribution in [0.2, 0.25) is 0 Å². The van der Waals surface area contributed by atoms with Gasteiger partial charge in [-0.15, -0.1) is 0 Å². The van der Waals surface area contributed by atoms with Crippen LogP contribution in [0.15, 0.2) is 47.9 Å². The van der Waals surface area contributed by atoms with Crippen molar-refractivity contribution in [3.05, 3.63) is 54.1 Å². The van der Waals surface area contributed by atoms with Crippen LogP contribution in [0.1, 0.15) is 24.5 Å². The second kappa shape index (κ2) is 7.06. The third kappa shape index (κ3) is 3.77. The molecule has 0 aliphatic carbocycles. The van der Waals surface area contributed by atoms with Crippen LogP contribution >= 0.6 is 0 Å². The standard InChI is InChI=1S/C16H19N5O2S/c1-2-13-5-7-15(8-6-13)24(22,23)20-9-3-4-14-10-17-16-18-12-19-21(16)11-14/h5-8,10-12,20H,2-4,9H2,1H3. The average Bonchev–Trinajstić information content (AvgIpc) is 3.06. The molecule has 7 nitrogen and oxygen atoms in total. The minimum atomic E-state index is -3.46. The molecule has 0 saturated carbocycles. The Bertz CT molecular complexity index is 919. The number of hydrogen-bond donors (Lipinski definition) is 1. The maximum absolute atomic E-state index is 12.2. The van der Waals surface area contributed by atoms with Crippen molar-refractivity contribution in [2.45, 2.75) is 31.1 Å². The Hall–Kier alpha value is -2.32. The molecule has 126 valence electrons. The number of rotatable bonds is 7. The van der Waals surface area contributed by atoms with Crippen LogP contribution in [-0.4, -0.2) is 34.5 Å². The maximum Gasteiger partial charge on any atom is 0.252 e. The summed E-state index contributed by atoms with van der Waals surface area (Å²) in [4.78, 5) is 8.46. The third-order valence-corrected chi connectivity index (χ3v) is 5.24. The molecule has 0 aliphatic rings. The largest absolute Gasteiger partial charge is 0.252 e. The number of sulfonamides is 1. The van der Waals surface area contributed by atoms with E-state index in [9.17, 15) is 8.42 Å². The molecule has 24 heavy (non-hydrogen) atoms. The zero-order chi connectivity index (χ0) is 17.0. The number of benzene rings is 1. The van der Waals surface area contributed by atoms with E-state index in [-0.39, 0.29) is 0 Å². The summed E-state index contributed by atoms with van der Waals surface area (Å²) in [6.07, 6.45) is 7.31. The van der Waals surface area contributed by atoms with Gasteiger partial charge in [-0.1, -0.05) is 19.1 Å². The van der Waals surface area contributed by atoms with Crippen molar-refractivity contribution in [2.75, 3.05) is 6.54 Å². The van der Waals surface area contributed by atoms with Gasteiger partial charge < -0.3 is 0 Å². The Balaban J connectivity index is 1.54. The molecule has 0 saturated heterocycles. The van der Waals surface area contributed by atoms with Crippen LogP contribution in [0.25, 0.3) is 5.78 Å². The van der Waals surface area contributed by atoms with Gasteiger partial charge in [-0.05, 0) is 42.5 Å². The fourth-order valence-corrected chi connectivity index (χ4v) is 3.45. The van der Waals surface area contributed by atoms with Crippen LogP contribution in [0.5, 0.6) is 0 Å². The second-order valence-corrected chi connectivity index (χ2v) is 7.23. The van der Waals surface area contributed by atoms with E-state index in [0.717, 1.165) is 17.5 Å². The minimum absolute atomic E-state index is 0.297. The van der Waals surface area contributed by atoms with Gasteiger partial charge >= 0.3 is 0 Å². The summed E-state index contributed by atoms with van der Waals surface area (Å²) in [7, 11) is -3.46. The Kier molecular flexibility index (Phi) is 4.86. The molecule has 3 aromatic rings. The Morgan fingerprint density at radius 2 is 1.92 bits per heavy atom. The number of aromatic nitrogens is 4. The molecule has 0 aliphatic heterocycles. The fraction of sp³-hybridized carbons (Fsp3) is 0.312. The average molecular weight is 345 g/mol.